The summed E-state index contributed by atoms with van der Waals surface area (Å²) in [4.78, 5) is 17.5. The summed E-state index contributed by atoms with van der Waals surface area (Å²) in [6, 6.07) is 2.28. The van der Waals surface area contributed by atoms with E-state index >= 15 is 0 Å². The monoisotopic (exact) mass is 307 g/mol. The van der Waals surface area contributed by atoms with E-state index in [2.05, 4.69) is 43.7 Å². The first-order valence-electron chi connectivity index (χ1n) is 7.08. The van der Waals surface area contributed by atoms with Crippen molar-refractivity contribution in [1.82, 2.24) is 29.6 Å². The number of halogens is 1. The largest absolute Gasteiger partial charge is 0.338 e. The molecule has 1 aliphatic rings. The molecule has 21 heavy (non-hydrogen) atoms. The quantitative estimate of drug-likeness (QED) is 0.850. The zero-order valence-electron chi connectivity index (χ0n) is 12.1. The second kappa shape index (κ2) is 5.95. The van der Waals surface area contributed by atoms with Crippen molar-refractivity contribution in [3.8, 4) is 5.95 Å². The zero-order chi connectivity index (χ0) is 14.8. The van der Waals surface area contributed by atoms with Crippen LogP contribution in [0.25, 0.3) is 5.95 Å². The summed E-state index contributed by atoms with van der Waals surface area (Å²) in [5, 5.41) is 4.32. The molecule has 0 amide bonds. The molecule has 7 nitrogen and oxygen atoms in total. The maximum absolute atomic E-state index is 6.04. The van der Waals surface area contributed by atoms with Gasteiger partial charge in [-0.1, -0.05) is 6.92 Å². The molecule has 0 N–H and O–H groups in total. The van der Waals surface area contributed by atoms with Crippen LogP contribution in [-0.2, 0) is 0 Å². The van der Waals surface area contributed by atoms with Crippen molar-refractivity contribution in [3.63, 3.8) is 0 Å². The number of rotatable bonds is 3. The van der Waals surface area contributed by atoms with E-state index in [0.717, 1.165) is 26.2 Å². The molecule has 8 heteroatoms. The van der Waals surface area contributed by atoms with Gasteiger partial charge in [-0.25, -0.2) is 4.68 Å². The average Bonchev–Trinajstić information content (AvgIpc) is 3.01. The molecule has 2 aromatic rings. The lowest BCUT2D eigenvalue weighted by Crippen LogP contribution is -2.52. The third-order valence-electron chi connectivity index (χ3n) is 3.75. The van der Waals surface area contributed by atoms with Gasteiger partial charge in [0, 0.05) is 38.1 Å². The lowest BCUT2D eigenvalue weighted by molar-refractivity contribution is 0.198. The Morgan fingerprint density at radius 1 is 1.24 bits per heavy atom. The van der Waals surface area contributed by atoms with Crippen LogP contribution in [0, 0.1) is 0 Å². The smallest absolute Gasteiger partial charge is 0.256 e. The topological polar surface area (TPSA) is 63.0 Å². The van der Waals surface area contributed by atoms with Crippen LogP contribution in [0.3, 0.4) is 0 Å². The van der Waals surface area contributed by atoms with Gasteiger partial charge in [0.1, 0.15) is 0 Å². The Kier molecular flexibility index (Phi) is 4.03. The van der Waals surface area contributed by atoms with Gasteiger partial charge in [-0.15, -0.1) is 0 Å². The summed E-state index contributed by atoms with van der Waals surface area (Å²) in [7, 11) is 0. The second-order valence-corrected chi connectivity index (χ2v) is 5.42. The molecule has 2 aromatic heterocycles. The van der Waals surface area contributed by atoms with Gasteiger partial charge in [0.15, 0.2) is 0 Å². The van der Waals surface area contributed by atoms with Crippen molar-refractivity contribution in [3.05, 3.63) is 23.7 Å². The fourth-order valence-electron chi connectivity index (χ4n) is 2.61. The first-order chi connectivity index (χ1) is 10.2. The molecule has 1 aliphatic heterocycles. The molecule has 3 heterocycles. The standard InChI is InChI=1S/C13H18ClN7/c1-3-19-7-8-20(9-10(19)2)12-16-11(14)17-13(18-12)21-6-4-5-15-21/h4-6,10H,3,7-9H2,1-2H3. The van der Waals surface area contributed by atoms with Crippen molar-refractivity contribution < 1.29 is 0 Å². The third-order valence-corrected chi connectivity index (χ3v) is 3.92. The summed E-state index contributed by atoms with van der Waals surface area (Å²) in [5.74, 6) is 1.06. The maximum Gasteiger partial charge on any atom is 0.256 e. The van der Waals surface area contributed by atoms with Crippen LogP contribution in [-0.4, -0.2) is 61.9 Å². The Morgan fingerprint density at radius 3 is 2.71 bits per heavy atom. The minimum atomic E-state index is 0.191. The van der Waals surface area contributed by atoms with Gasteiger partial charge >= 0.3 is 0 Å². The van der Waals surface area contributed by atoms with E-state index in [0.29, 0.717) is 17.9 Å². The molecule has 1 unspecified atom stereocenters. The van der Waals surface area contributed by atoms with Crippen molar-refractivity contribution in [2.45, 2.75) is 19.9 Å². The Hall–Kier alpha value is -1.73. The van der Waals surface area contributed by atoms with Crippen LogP contribution in [0.15, 0.2) is 18.5 Å². The van der Waals surface area contributed by atoms with E-state index < -0.39 is 0 Å². The van der Waals surface area contributed by atoms with E-state index in [1.165, 1.54) is 0 Å². The van der Waals surface area contributed by atoms with Gasteiger partial charge in [-0.05, 0) is 31.1 Å². The van der Waals surface area contributed by atoms with Gasteiger partial charge in [0.25, 0.3) is 5.95 Å². The van der Waals surface area contributed by atoms with Crippen LogP contribution in [0.5, 0.6) is 0 Å². The van der Waals surface area contributed by atoms with Gasteiger partial charge in [0.05, 0.1) is 0 Å². The highest BCUT2D eigenvalue weighted by Gasteiger charge is 2.24. The number of hydrogen-bond acceptors (Lipinski definition) is 6. The molecule has 0 radical (unpaired) electrons. The minimum Gasteiger partial charge on any atom is -0.338 e. The summed E-state index contributed by atoms with van der Waals surface area (Å²) in [6.45, 7) is 8.22. The van der Waals surface area contributed by atoms with Crippen LogP contribution in [0.1, 0.15) is 13.8 Å². The van der Waals surface area contributed by atoms with E-state index in [1.807, 2.05) is 6.07 Å². The lowest BCUT2D eigenvalue weighted by atomic mass is 10.2. The Morgan fingerprint density at radius 2 is 2.05 bits per heavy atom. The molecular formula is C13H18ClN7. The molecule has 1 atom stereocenters. The Balaban J connectivity index is 1.86. The lowest BCUT2D eigenvalue weighted by Gasteiger charge is -2.39. The van der Waals surface area contributed by atoms with E-state index in [4.69, 9.17) is 11.6 Å². The predicted molar refractivity (Wildman–Crippen MR) is 80.9 cm³/mol. The van der Waals surface area contributed by atoms with Crippen molar-refractivity contribution in [2.24, 2.45) is 0 Å². The SMILES string of the molecule is CCN1CCN(c2nc(Cl)nc(-n3cccn3)n2)CC1C. The van der Waals surface area contributed by atoms with Gasteiger partial charge < -0.3 is 4.90 Å². The predicted octanol–water partition coefficient (Wildman–Crippen LogP) is 1.24. The summed E-state index contributed by atoms with van der Waals surface area (Å²) < 4.78 is 1.59. The number of piperazine rings is 1. The molecule has 1 saturated heterocycles. The van der Waals surface area contributed by atoms with E-state index in [-0.39, 0.29) is 5.28 Å². The first kappa shape index (κ1) is 14.2. The molecule has 3 rings (SSSR count). The molecule has 1 fully saturated rings. The molecule has 0 bridgehead atoms. The van der Waals surface area contributed by atoms with Crippen LogP contribution in [0.4, 0.5) is 5.95 Å². The zero-order valence-corrected chi connectivity index (χ0v) is 12.9. The summed E-state index contributed by atoms with van der Waals surface area (Å²) in [5.41, 5.74) is 0. The molecule has 0 spiro atoms. The van der Waals surface area contributed by atoms with Gasteiger partial charge in [-0.3, -0.25) is 4.90 Å². The number of likely N-dealkylation sites (N-methyl/N-ethyl adjacent to an activating group) is 1. The van der Waals surface area contributed by atoms with Crippen molar-refractivity contribution >= 4 is 17.5 Å². The second-order valence-electron chi connectivity index (χ2n) is 5.08. The van der Waals surface area contributed by atoms with Crippen LogP contribution >= 0.6 is 11.6 Å². The maximum atomic E-state index is 6.04. The highest BCUT2D eigenvalue weighted by atomic mass is 35.5. The molecule has 0 aromatic carbocycles. The first-order valence-corrected chi connectivity index (χ1v) is 7.45. The number of aromatic nitrogens is 5. The highest BCUT2D eigenvalue weighted by Crippen LogP contribution is 2.17. The fourth-order valence-corrected chi connectivity index (χ4v) is 2.76. The molecule has 0 saturated carbocycles. The normalized spacial score (nSPS) is 20.0. The fraction of sp³-hybridized carbons (Fsp3) is 0.538. The number of hydrogen-bond donors (Lipinski definition) is 0. The van der Waals surface area contributed by atoms with E-state index in [1.54, 1.807) is 17.1 Å². The summed E-state index contributed by atoms with van der Waals surface area (Å²) in [6.07, 6.45) is 3.46. The van der Waals surface area contributed by atoms with Crippen molar-refractivity contribution in [1.29, 1.82) is 0 Å². The van der Waals surface area contributed by atoms with E-state index in [9.17, 15) is 0 Å². The number of anilines is 1. The molecule has 112 valence electrons. The molecule has 0 aliphatic carbocycles. The minimum absolute atomic E-state index is 0.191. The molecular weight excluding hydrogens is 290 g/mol. The highest BCUT2D eigenvalue weighted by molar-refractivity contribution is 6.28. The Bertz CT molecular complexity index is 601. The Labute approximate surface area is 128 Å². The van der Waals surface area contributed by atoms with Gasteiger partial charge in [0.2, 0.25) is 11.2 Å². The third kappa shape index (κ3) is 2.98. The number of nitrogens with zero attached hydrogens (tertiary/aromatic N) is 7. The van der Waals surface area contributed by atoms with Crippen LogP contribution in [0.2, 0.25) is 5.28 Å². The van der Waals surface area contributed by atoms with Gasteiger partial charge in [-0.2, -0.15) is 20.1 Å². The van der Waals surface area contributed by atoms with Crippen molar-refractivity contribution in [2.75, 3.05) is 31.1 Å². The average molecular weight is 308 g/mol. The van der Waals surface area contributed by atoms with Crippen LogP contribution < -0.4 is 4.90 Å². The summed E-state index contributed by atoms with van der Waals surface area (Å²) >= 11 is 6.04.